The van der Waals surface area contributed by atoms with Gasteiger partial charge in [-0.15, -0.1) is 5.10 Å². The number of hydrogen-bond donors (Lipinski definition) is 1. The smallest absolute Gasteiger partial charge is 0.322 e. The molecule has 1 aliphatic heterocycles. The molecule has 0 radical (unpaired) electrons. The highest BCUT2D eigenvalue weighted by molar-refractivity contribution is 5.93. The van der Waals surface area contributed by atoms with Gasteiger partial charge < -0.3 is 13.9 Å². The van der Waals surface area contributed by atoms with Crippen LogP contribution in [0, 0.1) is 0 Å². The first-order valence-corrected chi connectivity index (χ1v) is 8.18. The molecule has 0 bridgehead atoms. The zero-order chi connectivity index (χ0) is 18.1. The van der Waals surface area contributed by atoms with Crippen LogP contribution in [0.15, 0.2) is 40.9 Å². The van der Waals surface area contributed by atoms with Crippen molar-refractivity contribution >= 4 is 11.9 Å². The second kappa shape index (κ2) is 6.51. The van der Waals surface area contributed by atoms with Crippen LogP contribution in [0.1, 0.15) is 19.9 Å². The van der Waals surface area contributed by atoms with Gasteiger partial charge in [-0.3, -0.25) is 14.8 Å². The van der Waals surface area contributed by atoms with Crippen LogP contribution in [-0.4, -0.2) is 38.6 Å². The second-order valence-electron chi connectivity index (χ2n) is 6.02. The van der Waals surface area contributed by atoms with Gasteiger partial charge in [0.2, 0.25) is 6.10 Å². The predicted molar refractivity (Wildman–Crippen MR) is 90.9 cm³/mol. The molecule has 0 saturated carbocycles. The summed E-state index contributed by atoms with van der Waals surface area (Å²) in [6.07, 6.45) is 0.851. The summed E-state index contributed by atoms with van der Waals surface area (Å²) in [6, 6.07) is 9.07. The van der Waals surface area contributed by atoms with Gasteiger partial charge in [0.25, 0.3) is 11.8 Å². The fourth-order valence-electron chi connectivity index (χ4n) is 2.61. The summed E-state index contributed by atoms with van der Waals surface area (Å²) < 4.78 is 18.5. The molecule has 9 nitrogen and oxygen atoms in total. The Labute approximate surface area is 148 Å². The van der Waals surface area contributed by atoms with Crippen molar-refractivity contribution in [1.29, 1.82) is 0 Å². The third-order valence-electron chi connectivity index (χ3n) is 3.83. The van der Waals surface area contributed by atoms with Gasteiger partial charge in [0.1, 0.15) is 12.3 Å². The van der Waals surface area contributed by atoms with Gasteiger partial charge in [-0.2, -0.15) is 5.10 Å². The van der Waals surface area contributed by atoms with Gasteiger partial charge in [-0.1, -0.05) is 17.2 Å². The van der Waals surface area contributed by atoms with Crippen molar-refractivity contribution < 1.29 is 18.7 Å². The predicted octanol–water partition coefficient (Wildman–Crippen LogP) is 2.29. The zero-order valence-electron chi connectivity index (χ0n) is 14.2. The Morgan fingerprint density at radius 2 is 2.04 bits per heavy atom. The largest absolute Gasteiger partial charge is 0.485 e. The Hall–Kier alpha value is -3.36. The molecule has 1 unspecified atom stereocenters. The van der Waals surface area contributed by atoms with Gasteiger partial charge in [-0.25, -0.2) is 0 Å². The number of anilines is 1. The summed E-state index contributed by atoms with van der Waals surface area (Å²) >= 11 is 0. The zero-order valence-corrected chi connectivity index (χ0v) is 14.2. The van der Waals surface area contributed by atoms with E-state index < -0.39 is 12.0 Å². The van der Waals surface area contributed by atoms with Crippen molar-refractivity contribution in [2.75, 3.05) is 11.9 Å². The highest BCUT2D eigenvalue weighted by Gasteiger charge is 2.28. The van der Waals surface area contributed by atoms with E-state index >= 15 is 0 Å². The fourth-order valence-corrected chi connectivity index (χ4v) is 2.61. The number of amides is 1. The van der Waals surface area contributed by atoms with Crippen molar-refractivity contribution in [1.82, 2.24) is 20.0 Å². The normalized spacial score (nSPS) is 15.9. The Morgan fingerprint density at radius 1 is 1.23 bits per heavy atom. The minimum Gasteiger partial charge on any atom is -0.485 e. The number of nitrogens with one attached hydrogen (secondary N) is 1. The second-order valence-corrected chi connectivity index (χ2v) is 6.02. The molecule has 0 saturated heterocycles. The molecule has 1 aliphatic rings. The van der Waals surface area contributed by atoms with E-state index in [1.165, 1.54) is 0 Å². The minimum absolute atomic E-state index is 0.0102. The number of hydrogen-bond acceptors (Lipinski definition) is 7. The molecule has 2 aromatic heterocycles. The molecule has 1 N–H and O–H groups in total. The summed E-state index contributed by atoms with van der Waals surface area (Å²) in [5.41, 5.74) is 0.680. The number of ether oxygens (including phenoxy) is 2. The van der Waals surface area contributed by atoms with Crippen LogP contribution in [0.5, 0.6) is 11.5 Å². The third-order valence-corrected chi connectivity index (χ3v) is 3.83. The molecule has 26 heavy (non-hydrogen) atoms. The Kier molecular flexibility index (Phi) is 4.04. The van der Waals surface area contributed by atoms with Gasteiger partial charge in [-0.05, 0) is 32.0 Å². The lowest BCUT2D eigenvalue weighted by Gasteiger charge is -2.24. The van der Waals surface area contributed by atoms with E-state index in [2.05, 4.69) is 20.6 Å². The van der Waals surface area contributed by atoms with E-state index in [9.17, 15) is 4.79 Å². The van der Waals surface area contributed by atoms with Crippen LogP contribution >= 0.6 is 0 Å². The Bertz CT molecular complexity index is 933. The topological polar surface area (TPSA) is 104 Å². The summed E-state index contributed by atoms with van der Waals surface area (Å²) in [7, 11) is 0. The number of para-hydroxylation sites is 2. The molecule has 0 spiro atoms. The monoisotopic (exact) mass is 355 g/mol. The van der Waals surface area contributed by atoms with Gasteiger partial charge >= 0.3 is 6.01 Å². The maximum absolute atomic E-state index is 12.4. The quantitative estimate of drug-likeness (QED) is 0.765. The van der Waals surface area contributed by atoms with Crippen molar-refractivity contribution in [3.8, 4) is 23.1 Å². The van der Waals surface area contributed by atoms with Crippen molar-refractivity contribution in [3.63, 3.8) is 0 Å². The van der Waals surface area contributed by atoms with Crippen LogP contribution in [0.3, 0.4) is 0 Å². The molecule has 1 atom stereocenters. The van der Waals surface area contributed by atoms with Crippen LogP contribution in [0.25, 0.3) is 11.6 Å². The number of carbonyl (C=O) groups excluding carboxylic acids is 1. The van der Waals surface area contributed by atoms with E-state index in [4.69, 9.17) is 13.9 Å². The van der Waals surface area contributed by atoms with E-state index in [-0.39, 0.29) is 24.6 Å². The Morgan fingerprint density at radius 3 is 2.85 bits per heavy atom. The molecule has 134 valence electrons. The van der Waals surface area contributed by atoms with E-state index in [1.54, 1.807) is 29.1 Å². The summed E-state index contributed by atoms with van der Waals surface area (Å²) in [4.78, 5) is 12.4. The van der Waals surface area contributed by atoms with Crippen LogP contribution in [-0.2, 0) is 4.79 Å². The van der Waals surface area contributed by atoms with E-state index in [0.29, 0.717) is 17.2 Å². The number of aromatic nitrogens is 4. The highest BCUT2D eigenvalue weighted by Crippen LogP contribution is 2.31. The average molecular weight is 355 g/mol. The SMILES string of the molecule is CC(C)n1nccc1-c1nnc(NC(=O)C2COc3ccccc3O2)o1. The number of benzene rings is 1. The molecule has 0 fully saturated rings. The van der Waals surface area contributed by atoms with Gasteiger partial charge in [0, 0.05) is 12.2 Å². The third kappa shape index (κ3) is 2.99. The molecule has 9 heteroatoms. The summed E-state index contributed by atoms with van der Waals surface area (Å²) in [5.74, 6) is 0.981. The number of rotatable bonds is 4. The molecule has 1 amide bonds. The van der Waals surface area contributed by atoms with Crippen LogP contribution in [0.2, 0.25) is 0 Å². The fraction of sp³-hybridized carbons (Fsp3) is 0.294. The highest BCUT2D eigenvalue weighted by atomic mass is 16.6. The first kappa shape index (κ1) is 16.1. The molecule has 3 aromatic rings. The maximum Gasteiger partial charge on any atom is 0.322 e. The maximum atomic E-state index is 12.4. The lowest BCUT2D eigenvalue weighted by atomic mass is 10.2. The summed E-state index contributed by atoms with van der Waals surface area (Å²) in [6.45, 7) is 4.09. The number of fused-ring (bicyclic) bond motifs is 1. The van der Waals surface area contributed by atoms with Crippen molar-refractivity contribution in [3.05, 3.63) is 36.5 Å². The molecule has 4 rings (SSSR count). The van der Waals surface area contributed by atoms with Crippen LogP contribution in [0.4, 0.5) is 6.01 Å². The standard InChI is InChI=1S/C17H17N5O4/c1-10(2)22-11(7-8-18-22)16-20-21-17(26-16)19-15(23)14-9-24-12-5-3-4-6-13(12)25-14/h3-8,10,14H,9H2,1-2H3,(H,19,21,23). The summed E-state index contributed by atoms with van der Waals surface area (Å²) in [5, 5.41) is 14.6. The van der Waals surface area contributed by atoms with Crippen molar-refractivity contribution in [2.45, 2.75) is 26.0 Å². The molecule has 0 aliphatic carbocycles. The first-order valence-electron chi connectivity index (χ1n) is 8.18. The molecular weight excluding hydrogens is 338 g/mol. The van der Waals surface area contributed by atoms with Gasteiger partial charge in [0.15, 0.2) is 11.5 Å². The molecule has 1 aromatic carbocycles. The minimum atomic E-state index is -0.804. The first-order chi connectivity index (χ1) is 12.6. The molecule has 3 heterocycles. The Balaban J connectivity index is 1.46. The lowest BCUT2D eigenvalue weighted by molar-refractivity contribution is -0.125. The number of carbonyl (C=O) groups is 1. The van der Waals surface area contributed by atoms with Crippen molar-refractivity contribution in [2.24, 2.45) is 0 Å². The van der Waals surface area contributed by atoms with Gasteiger partial charge in [0.05, 0.1) is 0 Å². The lowest BCUT2D eigenvalue weighted by Crippen LogP contribution is -2.40. The molecular formula is C17H17N5O4. The van der Waals surface area contributed by atoms with E-state index in [1.807, 2.05) is 26.0 Å². The average Bonchev–Trinajstić information content (AvgIpc) is 3.30. The number of nitrogens with zero attached hydrogens (tertiary/aromatic N) is 4. The van der Waals surface area contributed by atoms with Crippen LogP contribution < -0.4 is 14.8 Å². The van der Waals surface area contributed by atoms with E-state index in [0.717, 1.165) is 0 Å².